The molecule has 0 heterocycles. The molecule has 2 aromatic rings. The normalized spacial score (nSPS) is 11.5. The van der Waals surface area contributed by atoms with Crippen molar-refractivity contribution in [3.05, 3.63) is 65.2 Å². The van der Waals surface area contributed by atoms with Gasteiger partial charge in [-0.25, -0.2) is 5.06 Å². The number of carbonyl (C=O) groups is 2. The molecule has 2 amide bonds. The number of hydrogen-bond donors (Lipinski definition) is 1. The minimum Gasteiger partial charge on any atom is -0.481 e. The highest BCUT2D eigenvalue weighted by molar-refractivity contribution is 5.95. The van der Waals surface area contributed by atoms with E-state index in [2.05, 4.69) is 5.32 Å². The standard InChI is InChI=1S/C24H29N3O4/c1-17(2)15-22(23(28)26-14-13-25)31-20-11-9-18(10-12-20)16-19-7-5-6-8-21(19)24(29)27(3)30-4/h5-12,17,22H,14-16H2,1-4H3,(H,26,28)/t22-/m0/s1. The number of benzene rings is 2. The Hall–Kier alpha value is -3.37. The van der Waals surface area contributed by atoms with E-state index in [0.717, 1.165) is 11.1 Å². The average molecular weight is 424 g/mol. The SMILES string of the molecule is CON(C)C(=O)c1ccccc1Cc1ccc(O[C@@H](CC(C)C)C(=O)NCC#N)cc1. The van der Waals surface area contributed by atoms with Crippen LogP contribution in [0.4, 0.5) is 0 Å². The van der Waals surface area contributed by atoms with E-state index in [0.29, 0.717) is 24.2 Å². The number of nitrogens with zero attached hydrogens (tertiary/aromatic N) is 2. The van der Waals surface area contributed by atoms with Gasteiger partial charge in [0.2, 0.25) is 0 Å². The summed E-state index contributed by atoms with van der Waals surface area (Å²) < 4.78 is 5.90. The molecule has 0 aromatic heterocycles. The second-order valence-corrected chi connectivity index (χ2v) is 7.58. The highest BCUT2D eigenvalue weighted by Gasteiger charge is 2.21. The quantitative estimate of drug-likeness (QED) is 0.467. The molecule has 0 saturated carbocycles. The summed E-state index contributed by atoms with van der Waals surface area (Å²) in [4.78, 5) is 29.8. The van der Waals surface area contributed by atoms with Gasteiger partial charge in [-0.3, -0.25) is 14.4 Å². The predicted octanol–water partition coefficient (Wildman–Crippen LogP) is 3.34. The first-order chi connectivity index (χ1) is 14.8. The van der Waals surface area contributed by atoms with Crippen molar-refractivity contribution in [3.63, 3.8) is 0 Å². The van der Waals surface area contributed by atoms with Gasteiger partial charge in [0.1, 0.15) is 12.3 Å². The van der Waals surface area contributed by atoms with Crippen LogP contribution in [0.5, 0.6) is 5.75 Å². The summed E-state index contributed by atoms with van der Waals surface area (Å²) in [5.41, 5.74) is 2.47. The lowest BCUT2D eigenvalue weighted by Gasteiger charge is -2.20. The molecule has 0 spiro atoms. The van der Waals surface area contributed by atoms with Gasteiger partial charge in [-0.2, -0.15) is 5.26 Å². The number of hydrogen-bond acceptors (Lipinski definition) is 5. The molecule has 1 atom stereocenters. The van der Waals surface area contributed by atoms with Gasteiger partial charge in [0.05, 0.1) is 13.2 Å². The van der Waals surface area contributed by atoms with Crippen LogP contribution in [0, 0.1) is 17.2 Å². The average Bonchev–Trinajstić information content (AvgIpc) is 2.77. The molecular formula is C24H29N3O4. The van der Waals surface area contributed by atoms with Crippen molar-refractivity contribution in [1.29, 1.82) is 5.26 Å². The molecule has 0 radical (unpaired) electrons. The third kappa shape index (κ3) is 7.12. The van der Waals surface area contributed by atoms with Gasteiger partial charge in [0.25, 0.3) is 11.8 Å². The van der Waals surface area contributed by atoms with Crippen molar-refractivity contribution in [1.82, 2.24) is 10.4 Å². The molecule has 0 aliphatic carbocycles. The summed E-state index contributed by atoms with van der Waals surface area (Å²) in [6.07, 6.45) is 0.446. The van der Waals surface area contributed by atoms with Crippen LogP contribution in [0.25, 0.3) is 0 Å². The Morgan fingerprint density at radius 1 is 1.13 bits per heavy atom. The van der Waals surface area contributed by atoms with E-state index >= 15 is 0 Å². The van der Waals surface area contributed by atoms with E-state index in [4.69, 9.17) is 14.8 Å². The fourth-order valence-corrected chi connectivity index (χ4v) is 3.08. The van der Waals surface area contributed by atoms with Crippen LogP contribution < -0.4 is 10.1 Å². The first-order valence-corrected chi connectivity index (χ1v) is 10.2. The number of carbonyl (C=O) groups excluding carboxylic acids is 2. The number of nitriles is 1. The van der Waals surface area contributed by atoms with Crippen LogP contribution in [-0.4, -0.2) is 43.7 Å². The fraction of sp³-hybridized carbons (Fsp3) is 0.375. The maximum absolute atomic E-state index is 12.5. The van der Waals surface area contributed by atoms with Crippen LogP contribution in [0.3, 0.4) is 0 Å². The molecular weight excluding hydrogens is 394 g/mol. The monoisotopic (exact) mass is 423 g/mol. The second kappa shape index (κ2) is 11.7. The fourth-order valence-electron chi connectivity index (χ4n) is 3.08. The molecule has 2 rings (SSSR count). The molecule has 7 nitrogen and oxygen atoms in total. The summed E-state index contributed by atoms with van der Waals surface area (Å²) in [5, 5.41) is 12.4. The first-order valence-electron chi connectivity index (χ1n) is 10.2. The predicted molar refractivity (Wildman–Crippen MR) is 117 cm³/mol. The lowest BCUT2D eigenvalue weighted by Crippen LogP contribution is -2.39. The summed E-state index contributed by atoms with van der Waals surface area (Å²) in [5.74, 6) is 0.327. The zero-order valence-electron chi connectivity index (χ0n) is 18.4. The number of rotatable bonds is 10. The summed E-state index contributed by atoms with van der Waals surface area (Å²) in [6.45, 7) is 3.97. The molecule has 0 unspecified atom stereocenters. The zero-order valence-corrected chi connectivity index (χ0v) is 18.4. The summed E-state index contributed by atoms with van der Waals surface area (Å²) in [6, 6.07) is 16.8. The van der Waals surface area contributed by atoms with Crippen LogP contribution >= 0.6 is 0 Å². The Balaban J connectivity index is 2.12. The van der Waals surface area contributed by atoms with Gasteiger partial charge >= 0.3 is 0 Å². The Morgan fingerprint density at radius 2 is 1.81 bits per heavy atom. The van der Waals surface area contributed by atoms with E-state index in [1.165, 1.54) is 12.2 Å². The summed E-state index contributed by atoms with van der Waals surface area (Å²) >= 11 is 0. The first kappa shape index (κ1) is 23.9. The lowest BCUT2D eigenvalue weighted by molar-refractivity contribution is -0.128. The molecule has 0 saturated heterocycles. The molecule has 0 fully saturated rings. The van der Waals surface area contributed by atoms with E-state index in [1.807, 2.05) is 62.4 Å². The van der Waals surface area contributed by atoms with Crippen molar-refractivity contribution in [2.24, 2.45) is 5.92 Å². The van der Waals surface area contributed by atoms with Crippen LogP contribution in [0.15, 0.2) is 48.5 Å². The molecule has 164 valence electrons. The van der Waals surface area contributed by atoms with Crippen molar-refractivity contribution in [3.8, 4) is 11.8 Å². The minimum absolute atomic E-state index is 0.0495. The van der Waals surface area contributed by atoms with Crippen molar-refractivity contribution < 1.29 is 19.2 Å². The van der Waals surface area contributed by atoms with Crippen LogP contribution in [0.1, 0.15) is 41.8 Å². The van der Waals surface area contributed by atoms with Crippen LogP contribution in [0.2, 0.25) is 0 Å². The number of amides is 2. The third-order valence-electron chi connectivity index (χ3n) is 4.72. The van der Waals surface area contributed by atoms with Crippen molar-refractivity contribution in [2.75, 3.05) is 20.7 Å². The number of nitrogens with one attached hydrogen (secondary N) is 1. The molecule has 2 aromatic carbocycles. The number of hydroxylamine groups is 2. The van der Waals surface area contributed by atoms with E-state index < -0.39 is 6.10 Å². The van der Waals surface area contributed by atoms with Gasteiger partial charge in [-0.05, 0) is 48.1 Å². The molecule has 0 aliphatic heterocycles. The van der Waals surface area contributed by atoms with Gasteiger partial charge in [-0.1, -0.05) is 44.2 Å². The highest BCUT2D eigenvalue weighted by Crippen LogP contribution is 2.21. The molecule has 1 N–H and O–H groups in total. The second-order valence-electron chi connectivity index (χ2n) is 7.58. The molecule has 31 heavy (non-hydrogen) atoms. The Labute approximate surface area is 183 Å². The largest absolute Gasteiger partial charge is 0.481 e. The molecule has 0 aliphatic rings. The topological polar surface area (TPSA) is 91.7 Å². The Bertz CT molecular complexity index is 919. The molecule has 0 bridgehead atoms. The van der Waals surface area contributed by atoms with Gasteiger partial charge in [0.15, 0.2) is 6.10 Å². The molecule has 7 heteroatoms. The Kier molecular flexibility index (Phi) is 9.04. The van der Waals surface area contributed by atoms with E-state index in [-0.39, 0.29) is 24.3 Å². The van der Waals surface area contributed by atoms with Gasteiger partial charge in [0, 0.05) is 12.6 Å². The van der Waals surface area contributed by atoms with E-state index in [9.17, 15) is 9.59 Å². The smallest absolute Gasteiger partial charge is 0.277 e. The maximum atomic E-state index is 12.5. The minimum atomic E-state index is -0.665. The summed E-state index contributed by atoms with van der Waals surface area (Å²) in [7, 11) is 3.03. The van der Waals surface area contributed by atoms with Crippen LogP contribution in [-0.2, 0) is 16.1 Å². The maximum Gasteiger partial charge on any atom is 0.277 e. The van der Waals surface area contributed by atoms with Gasteiger partial charge < -0.3 is 10.1 Å². The third-order valence-corrected chi connectivity index (χ3v) is 4.72. The van der Waals surface area contributed by atoms with Gasteiger partial charge in [-0.15, -0.1) is 0 Å². The highest BCUT2D eigenvalue weighted by atomic mass is 16.7. The number of ether oxygens (including phenoxy) is 1. The zero-order chi connectivity index (χ0) is 22.8. The van der Waals surface area contributed by atoms with E-state index in [1.54, 1.807) is 13.1 Å². The lowest BCUT2D eigenvalue weighted by atomic mass is 9.99. The van der Waals surface area contributed by atoms with Crippen molar-refractivity contribution in [2.45, 2.75) is 32.8 Å². The van der Waals surface area contributed by atoms with Crippen molar-refractivity contribution >= 4 is 11.8 Å². The Morgan fingerprint density at radius 3 is 2.42 bits per heavy atom.